The van der Waals surface area contributed by atoms with Gasteiger partial charge in [0, 0.05) is 56.2 Å². The molecular weight excluding hydrogens is 540 g/mol. The molecule has 3 aromatic rings. The van der Waals surface area contributed by atoms with Gasteiger partial charge in [-0.15, -0.1) is 5.10 Å². The van der Waals surface area contributed by atoms with Crippen molar-refractivity contribution in [2.75, 3.05) is 31.1 Å². The van der Waals surface area contributed by atoms with Gasteiger partial charge in [-0.05, 0) is 49.6 Å². The lowest BCUT2D eigenvalue weighted by Gasteiger charge is -2.37. The number of hydrogen-bond donors (Lipinski definition) is 1. The molecule has 8 nitrogen and oxygen atoms in total. The second kappa shape index (κ2) is 11.3. The Morgan fingerprint density at radius 2 is 1.78 bits per heavy atom. The Labute approximate surface area is 235 Å². The number of carbonyl (C=O) groups is 1. The quantitative estimate of drug-likeness (QED) is 0.376. The van der Waals surface area contributed by atoms with Gasteiger partial charge in [-0.25, -0.2) is 4.39 Å². The lowest BCUT2D eigenvalue weighted by molar-refractivity contribution is -0.141. The van der Waals surface area contributed by atoms with Crippen LogP contribution in [0.3, 0.4) is 0 Å². The zero-order valence-corrected chi connectivity index (χ0v) is 22.5. The first-order chi connectivity index (χ1) is 19.5. The fourth-order valence-corrected chi connectivity index (χ4v) is 4.81. The average Bonchev–Trinajstić information content (AvgIpc) is 3.77. The molecule has 0 spiro atoms. The monoisotopic (exact) mass is 570 g/mol. The van der Waals surface area contributed by atoms with Crippen molar-refractivity contribution in [3.8, 4) is 5.88 Å². The van der Waals surface area contributed by atoms with E-state index in [1.165, 1.54) is 12.1 Å². The minimum Gasteiger partial charge on any atom is -0.472 e. The second-order valence-corrected chi connectivity index (χ2v) is 10.4. The Kier molecular flexibility index (Phi) is 7.83. The van der Waals surface area contributed by atoms with Crippen LogP contribution >= 0.6 is 0 Å². The lowest BCUT2D eigenvalue weighted by atomic mass is 10.0. The number of halogens is 4. The maximum Gasteiger partial charge on any atom is 0.433 e. The summed E-state index contributed by atoms with van der Waals surface area (Å²) < 4.78 is 58.4. The molecule has 0 bridgehead atoms. The van der Waals surface area contributed by atoms with E-state index in [-0.39, 0.29) is 30.8 Å². The van der Waals surface area contributed by atoms with Crippen LogP contribution < -0.4 is 15.0 Å². The van der Waals surface area contributed by atoms with Gasteiger partial charge in [0.2, 0.25) is 11.8 Å². The molecule has 3 heterocycles. The number of alkyl halides is 3. The van der Waals surface area contributed by atoms with Crippen molar-refractivity contribution >= 4 is 11.6 Å². The van der Waals surface area contributed by atoms with Gasteiger partial charge in [-0.2, -0.15) is 18.3 Å². The number of anilines is 1. The maximum atomic E-state index is 14.9. The highest BCUT2D eigenvalue weighted by atomic mass is 19.4. The molecule has 2 aliphatic rings. The Hall–Kier alpha value is -4.22. The van der Waals surface area contributed by atoms with Gasteiger partial charge in [0.25, 0.3) is 0 Å². The fourth-order valence-electron chi connectivity index (χ4n) is 4.81. The van der Waals surface area contributed by atoms with E-state index in [1.54, 1.807) is 18.2 Å². The summed E-state index contributed by atoms with van der Waals surface area (Å²) in [5, 5.41) is 11.1. The lowest BCUT2D eigenvalue weighted by Crippen LogP contribution is -2.45. The second-order valence-electron chi connectivity index (χ2n) is 10.4. The summed E-state index contributed by atoms with van der Waals surface area (Å²) in [7, 11) is 0. The molecule has 0 unspecified atom stereocenters. The molecule has 1 saturated heterocycles. The normalized spacial score (nSPS) is 16.3. The van der Waals surface area contributed by atoms with Gasteiger partial charge in [-0.3, -0.25) is 9.78 Å². The van der Waals surface area contributed by atoms with Crippen LogP contribution in [0, 0.1) is 5.82 Å². The van der Waals surface area contributed by atoms with Gasteiger partial charge >= 0.3 is 6.18 Å². The number of allylic oxidation sites excluding steroid dienone is 1. The van der Waals surface area contributed by atoms with Gasteiger partial charge in [-0.1, -0.05) is 18.7 Å². The van der Waals surface area contributed by atoms with Crippen molar-refractivity contribution in [1.82, 2.24) is 25.4 Å². The highest BCUT2D eigenvalue weighted by Crippen LogP contribution is 2.47. The van der Waals surface area contributed by atoms with E-state index in [2.05, 4.69) is 32.0 Å². The van der Waals surface area contributed by atoms with Crippen molar-refractivity contribution in [1.29, 1.82) is 0 Å². The number of nitrogens with zero attached hydrogens (tertiary/aromatic N) is 5. The average molecular weight is 571 g/mol. The van der Waals surface area contributed by atoms with E-state index in [1.807, 2.05) is 17.9 Å². The van der Waals surface area contributed by atoms with Crippen molar-refractivity contribution in [3.05, 3.63) is 89.3 Å². The molecule has 216 valence electrons. The molecule has 0 atom stereocenters. The van der Waals surface area contributed by atoms with E-state index >= 15 is 0 Å². The third kappa shape index (κ3) is 6.41. The first-order valence-corrected chi connectivity index (χ1v) is 13.3. The maximum absolute atomic E-state index is 14.9. The number of nitrogens with one attached hydrogen (secondary N) is 1. The number of aromatic nitrogens is 3. The minimum atomic E-state index is -4.51. The number of amides is 1. The van der Waals surface area contributed by atoms with Crippen LogP contribution in [0.5, 0.6) is 5.88 Å². The molecule has 0 radical (unpaired) electrons. The first-order valence-electron chi connectivity index (χ1n) is 13.3. The Balaban J connectivity index is 1.13. The van der Waals surface area contributed by atoms with Crippen LogP contribution in [-0.4, -0.2) is 52.2 Å². The number of pyridine rings is 1. The molecule has 41 heavy (non-hydrogen) atoms. The molecule has 1 aromatic carbocycles. The number of piperazine rings is 1. The van der Waals surface area contributed by atoms with Gasteiger partial charge in [0.15, 0.2) is 0 Å². The third-order valence-corrected chi connectivity index (χ3v) is 7.44. The van der Waals surface area contributed by atoms with Crippen LogP contribution in [0.2, 0.25) is 0 Å². The van der Waals surface area contributed by atoms with Crippen molar-refractivity contribution in [3.63, 3.8) is 0 Å². The predicted molar refractivity (Wildman–Crippen MR) is 143 cm³/mol. The highest BCUT2D eigenvalue weighted by Gasteiger charge is 2.52. The number of ether oxygens (including phenoxy) is 1. The predicted octanol–water partition coefficient (Wildman–Crippen LogP) is 4.61. The zero-order valence-electron chi connectivity index (χ0n) is 22.5. The Morgan fingerprint density at radius 1 is 1.05 bits per heavy atom. The molecule has 1 aliphatic heterocycles. The summed E-state index contributed by atoms with van der Waals surface area (Å²) in [6.07, 6.45) is -2.20. The fraction of sp³-hybridized carbons (Fsp3) is 0.379. The smallest absolute Gasteiger partial charge is 0.433 e. The molecule has 1 aliphatic carbocycles. The number of rotatable bonds is 9. The molecule has 1 N–H and O–H groups in total. The molecule has 2 fully saturated rings. The summed E-state index contributed by atoms with van der Waals surface area (Å²) in [6, 6.07) is 10.4. The van der Waals surface area contributed by atoms with E-state index in [4.69, 9.17) is 4.74 Å². The van der Waals surface area contributed by atoms with Crippen LogP contribution in [-0.2, 0) is 29.5 Å². The van der Waals surface area contributed by atoms with E-state index < -0.39 is 17.3 Å². The number of carbonyl (C=O) groups excluding carboxylic acids is 1. The SMILES string of the molecule is C=C(C)N1CCN(c2ccc(CNC(=O)C3(c4ccc(OCc5ccc(C(F)(F)F)nc5)nn4)CC3)cc2F)CC1. The first kappa shape index (κ1) is 28.3. The molecule has 1 amide bonds. The van der Waals surface area contributed by atoms with Gasteiger partial charge in [0.05, 0.1) is 16.8 Å². The van der Waals surface area contributed by atoms with Crippen LogP contribution in [0.4, 0.5) is 23.2 Å². The largest absolute Gasteiger partial charge is 0.472 e. The Bertz CT molecular complexity index is 1400. The van der Waals surface area contributed by atoms with Crippen molar-refractivity contribution < 1.29 is 27.1 Å². The van der Waals surface area contributed by atoms with Crippen LogP contribution in [0.25, 0.3) is 0 Å². The van der Waals surface area contributed by atoms with E-state index in [0.717, 1.165) is 31.0 Å². The van der Waals surface area contributed by atoms with Crippen LogP contribution in [0.1, 0.15) is 42.3 Å². The summed E-state index contributed by atoms with van der Waals surface area (Å²) in [4.78, 5) is 20.7. The Morgan fingerprint density at radius 3 is 2.34 bits per heavy atom. The zero-order chi connectivity index (χ0) is 29.2. The summed E-state index contributed by atoms with van der Waals surface area (Å²) in [5.41, 5.74) is 1.37. The molecular formula is C29H30F4N6O2. The summed E-state index contributed by atoms with van der Waals surface area (Å²) in [5.74, 6) is -0.367. The van der Waals surface area contributed by atoms with Crippen molar-refractivity contribution in [2.24, 2.45) is 0 Å². The molecule has 1 saturated carbocycles. The number of hydrogen-bond acceptors (Lipinski definition) is 7. The van der Waals surface area contributed by atoms with Crippen LogP contribution in [0.15, 0.2) is 60.9 Å². The highest BCUT2D eigenvalue weighted by molar-refractivity contribution is 5.90. The van der Waals surface area contributed by atoms with Gasteiger partial charge in [0.1, 0.15) is 18.1 Å². The topological polar surface area (TPSA) is 83.5 Å². The summed E-state index contributed by atoms with van der Waals surface area (Å²) >= 11 is 0. The van der Waals surface area contributed by atoms with E-state index in [9.17, 15) is 22.4 Å². The summed E-state index contributed by atoms with van der Waals surface area (Å²) in [6.45, 7) is 9.08. The number of benzene rings is 1. The third-order valence-electron chi connectivity index (χ3n) is 7.44. The van der Waals surface area contributed by atoms with Gasteiger partial charge < -0.3 is 19.9 Å². The van der Waals surface area contributed by atoms with Crippen molar-refractivity contribution in [2.45, 2.75) is 44.5 Å². The van der Waals surface area contributed by atoms with E-state index in [0.29, 0.717) is 48.4 Å². The molecule has 12 heteroatoms. The molecule has 2 aromatic heterocycles. The minimum absolute atomic E-state index is 0.0369. The molecule has 5 rings (SSSR count). The standard InChI is InChI=1S/C29H30F4N6O2/c1-19(2)38-11-13-39(14-12-38)23-5-3-20(15-22(23)30)16-35-27(40)28(9-10-28)24-7-8-26(37-36-24)41-18-21-4-6-25(34-17-21)29(31,32)33/h3-8,15,17H,1,9-14,16,18H2,2H3,(H,35,40).